The Morgan fingerprint density at radius 2 is 1.40 bits per heavy atom. The average Bonchev–Trinajstić information content (AvgIpc) is 2.59. The van der Waals surface area contributed by atoms with Crippen molar-refractivity contribution in [3.8, 4) is 0 Å². The monoisotopic (exact) mass is 370 g/mol. The second-order valence-corrected chi connectivity index (χ2v) is 4.70. The molecule has 0 amide bonds. The van der Waals surface area contributed by atoms with E-state index in [0.29, 0.717) is 44.7 Å². The molecule has 0 rings (SSSR count). The number of ketones is 1. The van der Waals surface area contributed by atoms with Gasteiger partial charge in [0.05, 0.1) is 46.2 Å². The molecule has 0 spiro atoms. The average molecular weight is 371 g/mol. The summed E-state index contributed by atoms with van der Waals surface area (Å²) in [5.74, 6) is -0.0347. The number of nitrogens with zero attached hydrogens (tertiary/aromatic N) is 1. The fraction of sp³-hybridized carbons (Fsp3) is 0.941. The second-order valence-electron chi connectivity index (χ2n) is 4.70. The van der Waals surface area contributed by atoms with Gasteiger partial charge in [-0.25, -0.2) is 0 Å². The summed E-state index contributed by atoms with van der Waals surface area (Å²) < 4.78 is 33.4. The van der Waals surface area contributed by atoms with E-state index >= 15 is 0 Å². The third-order valence-electron chi connectivity index (χ3n) is 2.02. The summed E-state index contributed by atoms with van der Waals surface area (Å²) in [4.78, 5) is 10.6. The number of rotatable bonds is 15. The highest BCUT2D eigenvalue weighted by atomic mass is 19.2. The minimum absolute atomic E-state index is 0.0347. The number of ether oxygens (including phenoxy) is 4. The van der Waals surface area contributed by atoms with E-state index in [2.05, 4.69) is 13.8 Å². The van der Waals surface area contributed by atoms with Crippen molar-refractivity contribution >= 4 is 5.78 Å². The molecule has 0 atom stereocenters. The molecular weight excluding hydrogens is 331 g/mol. The van der Waals surface area contributed by atoms with E-state index in [9.17, 15) is 9.28 Å². The summed E-state index contributed by atoms with van der Waals surface area (Å²) in [7, 11) is 0. The Morgan fingerprint density at radius 3 is 1.92 bits per heavy atom. The maximum Gasteiger partial charge on any atom is 0.155 e. The van der Waals surface area contributed by atoms with Gasteiger partial charge in [-0.3, -0.25) is 4.79 Å². The number of carbonyl (C=O) groups excluding carboxylic acids is 1. The summed E-state index contributed by atoms with van der Waals surface area (Å²) in [6.45, 7) is 12.3. The van der Waals surface area contributed by atoms with Gasteiger partial charge in [-0.05, 0) is 6.92 Å². The topological polar surface area (TPSA) is 83.2 Å². The molecule has 0 saturated heterocycles. The number of hydrogen-bond acceptors (Lipinski definition) is 7. The maximum absolute atomic E-state index is 13.2. The highest BCUT2D eigenvalue weighted by Crippen LogP contribution is 1.91. The number of carbonyl (C=O) groups is 1. The summed E-state index contributed by atoms with van der Waals surface area (Å²) >= 11 is 0. The zero-order chi connectivity index (χ0) is 19.8. The normalized spacial score (nSPS) is 9.92. The van der Waals surface area contributed by atoms with Crippen molar-refractivity contribution < 1.29 is 28.2 Å². The van der Waals surface area contributed by atoms with Gasteiger partial charge in [-0.2, -0.15) is 0 Å². The maximum atomic E-state index is 13.2. The molecule has 7 nitrogen and oxygen atoms in total. The summed E-state index contributed by atoms with van der Waals surface area (Å²) in [6, 6.07) is 0. The largest absolute Gasteiger partial charge is 0.378 e. The van der Waals surface area contributed by atoms with Crippen molar-refractivity contribution in [1.82, 2.24) is 5.12 Å². The van der Waals surface area contributed by atoms with Gasteiger partial charge in [0.2, 0.25) is 0 Å². The lowest BCUT2D eigenvalue weighted by Crippen LogP contribution is -2.24. The van der Waals surface area contributed by atoms with Crippen LogP contribution in [0.15, 0.2) is 0 Å². The lowest BCUT2D eigenvalue weighted by atomic mass is 10.5. The quantitative estimate of drug-likeness (QED) is 0.269. The van der Waals surface area contributed by atoms with Crippen LogP contribution in [0.5, 0.6) is 0 Å². The van der Waals surface area contributed by atoms with Crippen molar-refractivity contribution in [2.24, 2.45) is 5.73 Å². The van der Waals surface area contributed by atoms with Gasteiger partial charge in [0, 0.05) is 6.54 Å². The highest BCUT2D eigenvalue weighted by Gasteiger charge is 2.02. The molecule has 154 valence electrons. The Bertz CT molecular complexity index is 249. The van der Waals surface area contributed by atoms with Gasteiger partial charge in [-0.15, -0.1) is 9.60 Å². The third kappa shape index (κ3) is 35.4. The molecule has 0 bridgehead atoms. The molecule has 0 aromatic heterocycles. The van der Waals surface area contributed by atoms with Gasteiger partial charge in [0.15, 0.2) is 5.78 Å². The van der Waals surface area contributed by atoms with Crippen LogP contribution in [-0.4, -0.2) is 77.0 Å². The van der Waals surface area contributed by atoms with Crippen molar-refractivity contribution in [2.75, 3.05) is 66.1 Å². The summed E-state index contributed by atoms with van der Waals surface area (Å²) in [5, 5.41) is 0.513. The van der Waals surface area contributed by atoms with Crippen LogP contribution in [0.4, 0.5) is 4.48 Å². The first-order valence-corrected chi connectivity index (χ1v) is 8.99. The van der Waals surface area contributed by atoms with Crippen LogP contribution in [0.2, 0.25) is 0 Å². The molecule has 0 unspecified atom stereocenters. The van der Waals surface area contributed by atoms with E-state index in [1.807, 2.05) is 13.8 Å². The van der Waals surface area contributed by atoms with Crippen LogP contribution >= 0.6 is 0 Å². The van der Waals surface area contributed by atoms with Gasteiger partial charge in [0.1, 0.15) is 13.3 Å². The summed E-state index contributed by atoms with van der Waals surface area (Å²) in [6.07, 6.45) is 1.25. The Labute approximate surface area is 152 Å². The van der Waals surface area contributed by atoms with Crippen LogP contribution in [-0.2, 0) is 23.7 Å². The van der Waals surface area contributed by atoms with Crippen molar-refractivity contribution in [2.45, 2.75) is 41.0 Å². The molecule has 0 aliphatic carbocycles. The minimum Gasteiger partial charge on any atom is -0.378 e. The molecule has 0 aromatic carbocycles. The molecule has 0 radical (unpaired) electrons. The number of hydrogen-bond donors (Lipinski definition) is 1. The fourth-order valence-electron chi connectivity index (χ4n) is 1.13. The molecule has 0 fully saturated rings. The Hall–Kier alpha value is -0.640. The van der Waals surface area contributed by atoms with E-state index < -0.39 is 0 Å². The van der Waals surface area contributed by atoms with Gasteiger partial charge >= 0.3 is 0 Å². The SMILES string of the molecule is CC.CC(=O)COCCOCCN(F)COCCOCCN.CCC. The Kier molecular flexibility index (Phi) is 32.8. The van der Waals surface area contributed by atoms with Crippen LogP contribution < -0.4 is 5.73 Å². The predicted molar refractivity (Wildman–Crippen MR) is 98.1 cm³/mol. The Balaban J connectivity index is -0.000000866. The predicted octanol–water partition coefficient (Wildman–Crippen LogP) is 2.19. The van der Waals surface area contributed by atoms with Crippen LogP contribution in [0.3, 0.4) is 0 Å². The molecular formula is C17H39FN2O5. The van der Waals surface area contributed by atoms with E-state index in [1.165, 1.54) is 13.3 Å². The van der Waals surface area contributed by atoms with Crippen molar-refractivity contribution in [3.05, 3.63) is 0 Å². The minimum atomic E-state index is -0.129. The highest BCUT2D eigenvalue weighted by molar-refractivity contribution is 5.76. The lowest BCUT2D eigenvalue weighted by molar-refractivity contribution is -0.122. The summed E-state index contributed by atoms with van der Waals surface area (Å²) in [5.41, 5.74) is 5.23. The Morgan fingerprint density at radius 1 is 0.920 bits per heavy atom. The van der Waals surface area contributed by atoms with Gasteiger partial charge in [0.25, 0.3) is 0 Å². The van der Waals surface area contributed by atoms with Gasteiger partial charge in [-0.1, -0.05) is 34.1 Å². The second kappa shape index (κ2) is 28.2. The molecule has 0 aliphatic rings. The van der Waals surface area contributed by atoms with E-state index in [4.69, 9.17) is 24.7 Å². The zero-order valence-electron chi connectivity index (χ0n) is 16.7. The zero-order valence-corrected chi connectivity index (χ0v) is 16.7. The molecule has 8 heteroatoms. The van der Waals surface area contributed by atoms with E-state index in [1.54, 1.807) is 0 Å². The van der Waals surface area contributed by atoms with Crippen LogP contribution in [0.1, 0.15) is 41.0 Å². The fourth-order valence-corrected chi connectivity index (χ4v) is 1.13. The molecule has 25 heavy (non-hydrogen) atoms. The van der Waals surface area contributed by atoms with E-state index in [-0.39, 0.29) is 32.3 Å². The smallest absolute Gasteiger partial charge is 0.155 e. The molecule has 0 heterocycles. The first-order chi connectivity index (χ1) is 12.1. The third-order valence-corrected chi connectivity index (χ3v) is 2.02. The first-order valence-electron chi connectivity index (χ1n) is 8.99. The van der Waals surface area contributed by atoms with Crippen LogP contribution in [0.25, 0.3) is 0 Å². The number of Topliss-reactive ketones (excluding diaryl/α,β-unsaturated/α-hetero) is 1. The van der Waals surface area contributed by atoms with Crippen molar-refractivity contribution in [3.63, 3.8) is 0 Å². The molecule has 0 saturated carbocycles. The standard InChI is InChI=1S/C12H25FN2O5.C3H8.C2H6/c1-12(16)10-19-8-6-18-5-3-15(13)11-20-9-7-17-4-2-14;1-3-2;1-2/h2-11,14H2,1H3;3H2,1-2H3;1-2H3. The van der Waals surface area contributed by atoms with Gasteiger partial charge < -0.3 is 24.7 Å². The molecule has 0 aromatic rings. The number of halogens is 1. The lowest BCUT2D eigenvalue weighted by Gasteiger charge is -2.12. The van der Waals surface area contributed by atoms with Crippen molar-refractivity contribution in [1.29, 1.82) is 0 Å². The molecule has 0 aliphatic heterocycles. The number of nitrogens with two attached hydrogens (primary N) is 1. The van der Waals surface area contributed by atoms with Crippen LogP contribution in [0, 0.1) is 0 Å². The first kappa shape index (κ1) is 29.1. The molecule has 2 N–H and O–H groups in total. The van der Waals surface area contributed by atoms with E-state index in [0.717, 1.165) is 0 Å².